The Balaban J connectivity index is 0.970. The number of hydrogen-bond acceptors (Lipinski definition) is 4. The highest BCUT2D eigenvalue weighted by atomic mass is 16.5. The lowest BCUT2D eigenvalue weighted by molar-refractivity contribution is 0.435. The summed E-state index contributed by atoms with van der Waals surface area (Å²) in [4.78, 5) is 18.8. The minimum atomic E-state index is -0.572. The first kappa shape index (κ1) is 38.2. The van der Waals surface area contributed by atoms with Crippen LogP contribution in [0.3, 0.4) is 0 Å². The zero-order valence-electron chi connectivity index (χ0n) is 34.6. The van der Waals surface area contributed by atoms with Gasteiger partial charge in [0.1, 0.15) is 11.5 Å². The minimum absolute atomic E-state index is 0.571. The van der Waals surface area contributed by atoms with Crippen molar-refractivity contribution in [2.45, 2.75) is 5.41 Å². The second-order valence-corrected chi connectivity index (χ2v) is 15.8. The summed E-state index contributed by atoms with van der Waals surface area (Å²) in [7, 11) is 0. The predicted molar refractivity (Wildman–Crippen MR) is 257 cm³/mol. The Bertz CT molecular complexity index is 3320. The Morgan fingerprint density at radius 2 is 0.781 bits per heavy atom. The lowest BCUT2D eigenvalue weighted by Crippen LogP contribution is -2.34. The topological polar surface area (TPSA) is 52.3 Å². The van der Waals surface area contributed by atoms with E-state index >= 15 is 0 Å². The van der Waals surface area contributed by atoms with Gasteiger partial charge in [-0.25, -0.2) is 19.8 Å². The maximum atomic E-state index is 7.65. The van der Waals surface area contributed by atoms with E-state index in [0.29, 0.717) is 23.2 Å². The fourth-order valence-corrected chi connectivity index (χ4v) is 9.07. The van der Waals surface area contributed by atoms with Gasteiger partial charge >= 0.3 is 0 Å². The first-order chi connectivity index (χ1) is 31.7. The van der Waals surface area contributed by atoms with Crippen LogP contribution in [0.25, 0.3) is 72.4 Å². The molecule has 0 amide bonds. The van der Waals surface area contributed by atoms with E-state index in [9.17, 15) is 0 Å². The fourth-order valence-electron chi connectivity index (χ4n) is 9.07. The predicted octanol–water partition coefficient (Wildman–Crippen LogP) is 14.9. The van der Waals surface area contributed by atoms with E-state index in [2.05, 4.69) is 150 Å². The molecule has 0 saturated heterocycles. The molecule has 0 saturated carbocycles. The zero-order valence-corrected chi connectivity index (χ0v) is 34.6. The largest absolute Gasteiger partial charge is 0.457 e. The monoisotopic (exact) mass is 818 g/mol. The van der Waals surface area contributed by atoms with Crippen molar-refractivity contribution in [2.75, 3.05) is 0 Å². The van der Waals surface area contributed by atoms with Crippen molar-refractivity contribution < 1.29 is 4.74 Å². The summed E-state index contributed by atoms with van der Waals surface area (Å²) in [6.07, 6.45) is 0. The molecule has 64 heavy (non-hydrogen) atoms. The second-order valence-electron chi connectivity index (χ2n) is 15.8. The van der Waals surface area contributed by atoms with Gasteiger partial charge in [-0.3, -0.25) is 0 Å². The van der Waals surface area contributed by atoms with E-state index in [1.165, 1.54) is 11.1 Å². The highest BCUT2D eigenvalue weighted by Gasteiger charge is 2.45. The maximum Gasteiger partial charge on any atom is 0.194 e. The van der Waals surface area contributed by atoms with Crippen molar-refractivity contribution >= 4 is 5.69 Å². The first-order valence-corrected chi connectivity index (χ1v) is 21.3. The van der Waals surface area contributed by atoms with E-state index in [1.807, 2.05) is 84.9 Å². The van der Waals surface area contributed by atoms with Crippen LogP contribution in [0.4, 0.5) is 5.69 Å². The Kier molecular flexibility index (Phi) is 9.72. The number of rotatable bonds is 8. The Labute approximate surface area is 372 Å². The van der Waals surface area contributed by atoms with Gasteiger partial charge in [-0.15, -0.1) is 0 Å². The molecular weight excluding hydrogens is 781 g/mol. The summed E-state index contributed by atoms with van der Waals surface area (Å²) < 4.78 is 6.81. The molecule has 1 aliphatic heterocycles. The third-order valence-electron chi connectivity index (χ3n) is 12.1. The van der Waals surface area contributed by atoms with E-state index in [1.54, 1.807) is 0 Å². The van der Waals surface area contributed by atoms with Gasteiger partial charge in [0.2, 0.25) is 0 Å². The van der Waals surface area contributed by atoms with E-state index in [0.717, 1.165) is 72.7 Å². The average molecular weight is 819 g/mol. The summed E-state index contributed by atoms with van der Waals surface area (Å²) in [5, 5.41) is 0. The number of aromatic nitrogens is 3. The normalized spacial score (nSPS) is 12.3. The molecule has 0 unspecified atom stereocenters. The molecular formula is C59H38N4O. The van der Waals surface area contributed by atoms with Crippen LogP contribution in [0.5, 0.6) is 11.5 Å². The molecule has 1 aliphatic rings. The quantitative estimate of drug-likeness (QED) is 0.143. The molecule has 10 aromatic rings. The van der Waals surface area contributed by atoms with Crippen molar-refractivity contribution in [3.63, 3.8) is 0 Å². The SMILES string of the molecule is [C-]#[N+]c1ccccc1-c1ccc(-c2nc(-c3ccccc3)nc(-c3cccc(-c4cccc(-c5ccc6c(c5)Oc5ccccc5C6(c5ccccc5)c5ccccc5)c4)c3)n2)cc1. The van der Waals surface area contributed by atoms with Crippen molar-refractivity contribution in [1.29, 1.82) is 0 Å². The fraction of sp³-hybridized carbons (Fsp3) is 0.0169. The van der Waals surface area contributed by atoms with Gasteiger partial charge < -0.3 is 4.74 Å². The van der Waals surface area contributed by atoms with Crippen molar-refractivity contribution in [1.82, 2.24) is 15.0 Å². The number of fused-ring (bicyclic) bond motifs is 2. The van der Waals surface area contributed by atoms with Gasteiger partial charge in [-0.05, 0) is 68.8 Å². The smallest absolute Gasteiger partial charge is 0.194 e. The lowest BCUT2D eigenvalue weighted by Gasteiger charge is -2.41. The third-order valence-corrected chi connectivity index (χ3v) is 12.1. The van der Waals surface area contributed by atoms with Gasteiger partial charge in [0.05, 0.1) is 12.0 Å². The van der Waals surface area contributed by atoms with Gasteiger partial charge in [-0.2, -0.15) is 0 Å². The molecule has 0 bridgehead atoms. The van der Waals surface area contributed by atoms with Gasteiger partial charge in [0.25, 0.3) is 0 Å². The third kappa shape index (κ3) is 6.81. The van der Waals surface area contributed by atoms with Crippen LogP contribution in [-0.4, -0.2) is 15.0 Å². The van der Waals surface area contributed by atoms with Crippen LogP contribution in [0.2, 0.25) is 0 Å². The standard InChI is InChI=1S/C59H38N4O/c1-60-53-29-13-11-27-50(53)40-31-33-42(34-32-40)57-61-56(41-17-5-2-6-18-41)62-58(63-57)47-22-16-21-45(38-47)43-19-15-20-44(37-43)46-35-36-52-55(39-46)64-54-30-14-12-28-51(54)59(52,48-23-7-3-8-24-48)49-25-9-4-10-26-49/h2-39H. The molecule has 11 rings (SSSR count). The molecule has 9 aromatic carbocycles. The van der Waals surface area contributed by atoms with Crippen LogP contribution in [-0.2, 0) is 5.41 Å². The number of hydrogen-bond donors (Lipinski definition) is 0. The van der Waals surface area contributed by atoms with Crippen molar-refractivity contribution in [2.24, 2.45) is 0 Å². The zero-order chi connectivity index (χ0) is 42.9. The summed E-state index contributed by atoms with van der Waals surface area (Å²) >= 11 is 0. The van der Waals surface area contributed by atoms with Crippen LogP contribution in [0, 0.1) is 6.57 Å². The first-order valence-electron chi connectivity index (χ1n) is 21.3. The van der Waals surface area contributed by atoms with Crippen molar-refractivity contribution in [3.05, 3.63) is 264 Å². The number of para-hydroxylation sites is 2. The second kappa shape index (κ2) is 16.3. The summed E-state index contributed by atoms with van der Waals surface area (Å²) in [6, 6.07) is 79.4. The molecule has 0 atom stereocenters. The Morgan fingerprint density at radius 1 is 0.344 bits per heavy atom. The van der Waals surface area contributed by atoms with Gasteiger partial charge in [-0.1, -0.05) is 206 Å². The van der Waals surface area contributed by atoms with Crippen LogP contribution >= 0.6 is 0 Å². The lowest BCUT2D eigenvalue weighted by atomic mass is 9.63. The number of nitrogens with zero attached hydrogens (tertiary/aromatic N) is 4. The maximum absolute atomic E-state index is 7.65. The van der Waals surface area contributed by atoms with Gasteiger partial charge in [0, 0.05) is 27.8 Å². The highest BCUT2D eigenvalue weighted by Crippen LogP contribution is 2.55. The molecule has 5 nitrogen and oxygen atoms in total. The molecule has 2 heterocycles. The highest BCUT2D eigenvalue weighted by molar-refractivity contribution is 5.81. The number of ether oxygens (including phenoxy) is 1. The van der Waals surface area contributed by atoms with Crippen molar-refractivity contribution in [3.8, 4) is 79.0 Å². The molecule has 0 fully saturated rings. The van der Waals surface area contributed by atoms with E-state index in [-0.39, 0.29) is 0 Å². The summed E-state index contributed by atoms with van der Waals surface area (Å²) in [5.41, 5.74) is 13.4. The van der Waals surface area contributed by atoms with Crippen LogP contribution in [0.1, 0.15) is 22.3 Å². The van der Waals surface area contributed by atoms with Crippen LogP contribution < -0.4 is 4.74 Å². The molecule has 0 N–H and O–H groups in total. The Morgan fingerprint density at radius 3 is 1.42 bits per heavy atom. The van der Waals surface area contributed by atoms with Crippen LogP contribution in [0.15, 0.2) is 231 Å². The molecule has 0 spiro atoms. The molecule has 0 aliphatic carbocycles. The average Bonchev–Trinajstić information content (AvgIpc) is 3.38. The Hall–Kier alpha value is -8.72. The van der Waals surface area contributed by atoms with E-state index in [4.69, 9.17) is 26.3 Å². The molecule has 1 aromatic heterocycles. The molecule has 5 heteroatoms. The number of benzene rings is 9. The minimum Gasteiger partial charge on any atom is -0.457 e. The molecule has 0 radical (unpaired) electrons. The summed E-state index contributed by atoms with van der Waals surface area (Å²) in [6.45, 7) is 7.65. The van der Waals surface area contributed by atoms with Gasteiger partial charge in [0.15, 0.2) is 23.2 Å². The van der Waals surface area contributed by atoms with E-state index < -0.39 is 5.41 Å². The summed E-state index contributed by atoms with van der Waals surface area (Å²) in [5.74, 6) is 3.43. The molecule has 300 valence electrons.